The van der Waals surface area contributed by atoms with Crippen LogP contribution >= 0.6 is 15.9 Å². The van der Waals surface area contributed by atoms with Gasteiger partial charge < -0.3 is 4.74 Å². The summed E-state index contributed by atoms with van der Waals surface area (Å²) in [6, 6.07) is 0. The molecule has 1 saturated carbocycles. The van der Waals surface area contributed by atoms with Crippen molar-refractivity contribution in [1.82, 2.24) is 0 Å². The summed E-state index contributed by atoms with van der Waals surface area (Å²) in [6.07, 6.45) is 6.34. The third kappa shape index (κ3) is 3.94. The molecule has 0 atom stereocenters. The highest BCUT2D eigenvalue weighted by atomic mass is 79.9. The molecular formula is C13H23BrO3S. The maximum atomic E-state index is 12.4. The molecule has 0 radical (unpaired) electrons. The van der Waals surface area contributed by atoms with Gasteiger partial charge in [-0.05, 0) is 37.0 Å². The van der Waals surface area contributed by atoms with Crippen LogP contribution in [0.5, 0.6) is 0 Å². The summed E-state index contributed by atoms with van der Waals surface area (Å²) in [5.74, 6) is 1.16. The van der Waals surface area contributed by atoms with Crippen LogP contribution in [-0.4, -0.2) is 38.5 Å². The molecule has 5 heteroatoms. The summed E-state index contributed by atoms with van der Waals surface area (Å²) in [7, 11) is -2.92. The molecule has 0 N–H and O–H groups in total. The van der Waals surface area contributed by atoms with Gasteiger partial charge in [-0.1, -0.05) is 28.8 Å². The zero-order chi connectivity index (χ0) is 13.1. The summed E-state index contributed by atoms with van der Waals surface area (Å²) in [4.78, 5) is 0. The van der Waals surface area contributed by atoms with Crippen LogP contribution in [0.25, 0.3) is 0 Å². The van der Waals surface area contributed by atoms with Crippen LogP contribution in [0.2, 0.25) is 0 Å². The third-order valence-electron chi connectivity index (χ3n) is 4.33. The maximum Gasteiger partial charge on any atom is 0.151 e. The number of hydrogen-bond acceptors (Lipinski definition) is 3. The lowest BCUT2D eigenvalue weighted by Gasteiger charge is -2.35. The molecule has 0 bridgehead atoms. The fourth-order valence-electron chi connectivity index (χ4n) is 3.18. The average molecular weight is 339 g/mol. The van der Waals surface area contributed by atoms with E-state index in [9.17, 15) is 8.42 Å². The quantitative estimate of drug-likeness (QED) is 0.724. The van der Waals surface area contributed by atoms with Crippen LogP contribution in [0.3, 0.4) is 0 Å². The van der Waals surface area contributed by atoms with E-state index in [1.807, 2.05) is 0 Å². The van der Waals surface area contributed by atoms with Crippen molar-refractivity contribution in [3.8, 4) is 0 Å². The molecule has 2 aliphatic rings. The first kappa shape index (κ1) is 14.8. The van der Waals surface area contributed by atoms with Crippen molar-refractivity contribution in [1.29, 1.82) is 0 Å². The Morgan fingerprint density at radius 1 is 1.17 bits per heavy atom. The van der Waals surface area contributed by atoms with Crippen molar-refractivity contribution in [3.63, 3.8) is 0 Å². The summed E-state index contributed by atoms with van der Waals surface area (Å²) >= 11 is 3.51. The molecule has 2 fully saturated rings. The lowest BCUT2D eigenvalue weighted by atomic mass is 9.85. The molecule has 106 valence electrons. The number of hydrogen-bond donors (Lipinski definition) is 0. The van der Waals surface area contributed by atoms with Crippen LogP contribution in [0.4, 0.5) is 0 Å². The Labute approximate surface area is 119 Å². The summed E-state index contributed by atoms with van der Waals surface area (Å²) in [5, 5.41) is 0.771. The van der Waals surface area contributed by atoms with Crippen molar-refractivity contribution in [3.05, 3.63) is 0 Å². The molecule has 3 nitrogen and oxygen atoms in total. The van der Waals surface area contributed by atoms with Crippen LogP contribution in [-0.2, 0) is 14.6 Å². The Balaban J connectivity index is 1.96. The van der Waals surface area contributed by atoms with Gasteiger partial charge in [0.25, 0.3) is 0 Å². The maximum absolute atomic E-state index is 12.4. The third-order valence-corrected chi connectivity index (χ3v) is 7.55. The lowest BCUT2D eigenvalue weighted by molar-refractivity contribution is 0.0367. The van der Waals surface area contributed by atoms with Gasteiger partial charge in [0.15, 0.2) is 9.84 Å². The predicted octanol–water partition coefficient (Wildman–Crippen LogP) is 2.78. The van der Waals surface area contributed by atoms with Crippen molar-refractivity contribution < 1.29 is 13.2 Å². The van der Waals surface area contributed by atoms with Crippen LogP contribution in [0.1, 0.15) is 38.5 Å². The molecular weight excluding hydrogens is 316 g/mol. The number of sulfone groups is 1. The van der Waals surface area contributed by atoms with Gasteiger partial charge in [0.1, 0.15) is 0 Å². The summed E-state index contributed by atoms with van der Waals surface area (Å²) in [5.41, 5.74) is -0.0876. The first-order valence-electron chi connectivity index (χ1n) is 6.89. The highest BCUT2D eigenvalue weighted by molar-refractivity contribution is 9.09. The zero-order valence-corrected chi connectivity index (χ0v) is 13.3. The number of alkyl halides is 1. The molecule has 0 aromatic rings. The SMILES string of the molecule is O=S(=O)(CC1CCCC1)CC1(CBr)CCOCC1. The van der Waals surface area contributed by atoms with E-state index in [1.165, 1.54) is 12.8 Å². The van der Waals surface area contributed by atoms with E-state index in [1.54, 1.807) is 0 Å². The Kier molecular flexibility index (Phi) is 5.12. The minimum atomic E-state index is -2.92. The Morgan fingerprint density at radius 2 is 1.78 bits per heavy atom. The minimum absolute atomic E-state index is 0.0876. The predicted molar refractivity (Wildman–Crippen MR) is 76.9 cm³/mol. The summed E-state index contributed by atoms with van der Waals surface area (Å²) in [6.45, 7) is 1.40. The fraction of sp³-hybridized carbons (Fsp3) is 1.00. The van der Waals surface area contributed by atoms with Gasteiger partial charge in [-0.15, -0.1) is 0 Å². The molecule has 1 aliphatic carbocycles. The number of halogens is 1. The van der Waals surface area contributed by atoms with Crippen molar-refractivity contribution in [2.45, 2.75) is 38.5 Å². The molecule has 0 aromatic carbocycles. The van der Waals surface area contributed by atoms with Gasteiger partial charge in [-0.2, -0.15) is 0 Å². The monoisotopic (exact) mass is 338 g/mol. The lowest BCUT2D eigenvalue weighted by Crippen LogP contribution is -2.39. The van der Waals surface area contributed by atoms with E-state index in [0.717, 1.165) is 31.0 Å². The van der Waals surface area contributed by atoms with E-state index in [-0.39, 0.29) is 5.41 Å². The molecule has 1 saturated heterocycles. The first-order valence-corrected chi connectivity index (χ1v) is 9.84. The molecule has 0 unspecified atom stereocenters. The first-order chi connectivity index (χ1) is 8.55. The Morgan fingerprint density at radius 3 is 2.33 bits per heavy atom. The number of ether oxygens (including phenoxy) is 1. The standard InChI is InChI=1S/C13H23BrO3S/c14-10-13(5-7-17-8-6-13)11-18(15,16)9-12-3-1-2-4-12/h12H,1-11H2. The van der Waals surface area contributed by atoms with E-state index in [2.05, 4.69) is 15.9 Å². The molecule has 0 amide bonds. The Bertz CT molecular complexity index is 354. The topological polar surface area (TPSA) is 43.4 Å². The van der Waals surface area contributed by atoms with Gasteiger partial charge in [-0.25, -0.2) is 8.42 Å². The second-order valence-corrected chi connectivity index (χ2v) is 8.62. The van der Waals surface area contributed by atoms with Crippen LogP contribution in [0.15, 0.2) is 0 Å². The van der Waals surface area contributed by atoms with Crippen LogP contribution < -0.4 is 0 Å². The average Bonchev–Trinajstić information content (AvgIpc) is 2.81. The molecule has 0 spiro atoms. The van der Waals surface area contributed by atoms with Gasteiger partial charge >= 0.3 is 0 Å². The van der Waals surface area contributed by atoms with E-state index in [4.69, 9.17) is 4.74 Å². The highest BCUT2D eigenvalue weighted by Gasteiger charge is 2.37. The van der Waals surface area contributed by atoms with Gasteiger partial charge in [0.2, 0.25) is 0 Å². The molecule has 0 aromatic heterocycles. The largest absolute Gasteiger partial charge is 0.381 e. The molecule has 2 rings (SSSR count). The second kappa shape index (κ2) is 6.23. The number of rotatable bonds is 5. The molecule has 18 heavy (non-hydrogen) atoms. The molecule has 1 heterocycles. The van der Waals surface area contributed by atoms with E-state index in [0.29, 0.717) is 30.6 Å². The Hall–Kier alpha value is 0.390. The van der Waals surface area contributed by atoms with Crippen molar-refractivity contribution in [2.24, 2.45) is 11.3 Å². The van der Waals surface area contributed by atoms with E-state index >= 15 is 0 Å². The zero-order valence-electron chi connectivity index (χ0n) is 10.9. The normalized spacial score (nSPS) is 25.4. The van der Waals surface area contributed by atoms with Crippen molar-refractivity contribution in [2.75, 3.05) is 30.0 Å². The smallest absolute Gasteiger partial charge is 0.151 e. The molecule has 1 aliphatic heterocycles. The van der Waals surface area contributed by atoms with Crippen LogP contribution in [0, 0.1) is 11.3 Å². The van der Waals surface area contributed by atoms with Gasteiger partial charge in [0, 0.05) is 18.5 Å². The fourth-order valence-corrected chi connectivity index (χ4v) is 6.70. The second-order valence-electron chi connectivity index (χ2n) is 5.95. The minimum Gasteiger partial charge on any atom is -0.381 e. The van der Waals surface area contributed by atoms with Gasteiger partial charge in [-0.3, -0.25) is 0 Å². The van der Waals surface area contributed by atoms with Crippen molar-refractivity contribution >= 4 is 25.8 Å². The van der Waals surface area contributed by atoms with Gasteiger partial charge in [0.05, 0.1) is 11.5 Å². The summed E-state index contributed by atoms with van der Waals surface area (Å²) < 4.78 is 30.1. The highest BCUT2D eigenvalue weighted by Crippen LogP contribution is 2.35. The van der Waals surface area contributed by atoms with E-state index < -0.39 is 9.84 Å².